The highest BCUT2D eigenvalue weighted by molar-refractivity contribution is 7.88. The molecule has 0 unspecified atom stereocenters. The van der Waals surface area contributed by atoms with Gasteiger partial charge in [0.05, 0.1) is 11.8 Å². The summed E-state index contributed by atoms with van der Waals surface area (Å²) in [5.41, 5.74) is 0.775. The number of carbonyl (C=O) groups is 1. The molecule has 0 aliphatic carbocycles. The Morgan fingerprint density at radius 2 is 2.00 bits per heavy atom. The molecular formula is C14H18N4O4S. The van der Waals surface area contributed by atoms with Crippen molar-refractivity contribution < 1.29 is 17.6 Å². The largest absolute Gasteiger partial charge is 0.442 e. The summed E-state index contributed by atoms with van der Waals surface area (Å²) in [7, 11) is -0.806. The number of nitrogens with one attached hydrogen (secondary N) is 1. The van der Waals surface area contributed by atoms with Gasteiger partial charge < -0.3 is 9.32 Å². The normalized spacial score (nSPS) is 15.5. The van der Waals surface area contributed by atoms with Crippen LogP contribution in [0.15, 0.2) is 27.8 Å². The molecule has 2 aromatic rings. The van der Waals surface area contributed by atoms with Gasteiger partial charge in [0.2, 0.25) is 5.09 Å². The number of aromatic nitrogens is 2. The first-order valence-electron chi connectivity index (χ1n) is 7.26. The molecular weight excluding hydrogens is 320 g/mol. The van der Waals surface area contributed by atoms with Crippen molar-refractivity contribution in [2.75, 3.05) is 27.2 Å². The minimum Gasteiger partial charge on any atom is -0.442 e. The van der Waals surface area contributed by atoms with Crippen molar-refractivity contribution in [2.24, 2.45) is 0 Å². The van der Waals surface area contributed by atoms with Gasteiger partial charge in [0.15, 0.2) is 5.76 Å². The average Bonchev–Trinajstić information content (AvgIpc) is 3.25. The molecule has 1 saturated heterocycles. The van der Waals surface area contributed by atoms with Gasteiger partial charge in [-0.25, -0.2) is 12.7 Å². The predicted molar refractivity (Wildman–Crippen MR) is 82.3 cm³/mol. The standard InChI is InChI=1S/C14H18N4O4S/c1-17(2)23(20,21)12-6-5-11(22-12)13-10(9-15-16-13)14(19)18-7-3-4-8-18/h5-6,9H,3-4,7-8H2,1-2H3,(H,15,16). The molecule has 0 bridgehead atoms. The number of sulfonamides is 1. The van der Waals surface area contributed by atoms with E-state index >= 15 is 0 Å². The molecule has 1 aliphatic heterocycles. The Labute approximate surface area is 134 Å². The number of rotatable bonds is 4. The van der Waals surface area contributed by atoms with Crippen molar-refractivity contribution in [3.8, 4) is 11.5 Å². The molecule has 1 fully saturated rings. The lowest BCUT2D eigenvalue weighted by Crippen LogP contribution is -2.27. The van der Waals surface area contributed by atoms with E-state index in [2.05, 4.69) is 10.2 Å². The van der Waals surface area contributed by atoms with E-state index < -0.39 is 10.0 Å². The fraction of sp³-hybridized carbons (Fsp3) is 0.429. The molecule has 0 saturated carbocycles. The molecule has 1 N–H and O–H groups in total. The Kier molecular flexibility index (Phi) is 3.99. The van der Waals surface area contributed by atoms with Crippen molar-refractivity contribution in [3.63, 3.8) is 0 Å². The summed E-state index contributed by atoms with van der Waals surface area (Å²) < 4.78 is 30.7. The van der Waals surface area contributed by atoms with E-state index in [9.17, 15) is 13.2 Å². The van der Waals surface area contributed by atoms with Crippen molar-refractivity contribution in [1.29, 1.82) is 0 Å². The third-order valence-corrected chi connectivity index (χ3v) is 5.52. The second-order valence-electron chi connectivity index (χ2n) is 5.56. The van der Waals surface area contributed by atoms with Crippen molar-refractivity contribution in [1.82, 2.24) is 19.4 Å². The highest BCUT2D eigenvalue weighted by atomic mass is 32.2. The van der Waals surface area contributed by atoms with Crippen LogP contribution >= 0.6 is 0 Å². The maximum absolute atomic E-state index is 12.5. The van der Waals surface area contributed by atoms with Gasteiger partial charge in [-0.2, -0.15) is 5.10 Å². The Bertz CT molecular complexity index is 815. The zero-order valence-electron chi connectivity index (χ0n) is 12.9. The van der Waals surface area contributed by atoms with Gasteiger partial charge in [-0.3, -0.25) is 9.89 Å². The maximum atomic E-state index is 12.5. The summed E-state index contributed by atoms with van der Waals surface area (Å²) in [6.45, 7) is 1.45. The van der Waals surface area contributed by atoms with E-state index in [0.29, 0.717) is 11.3 Å². The quantitative estimate of drug-likeness (QED) is 0.901. The van der Waals surface area contributed by atoms with Crippen molar-refractivity contribution in [2.45, 2.75) is 17.9 Å². The lowest BCUT2D eigenvalue weighted by molar-refractivity contribution is 0.0793. The summed E-state index contributed by atoms with van der Waals surface area (Å²) in [6, 6.07) is 2.89. The van der Waals surface area contributed by atoms with Gasteiger partial charge in [-0.05, 0) is 25.0 Å². The number of carbonyl (C=O) groups excluding carboxylic acids is 1. The molecule has 9 heteroatoms. The lowest BCUT2D eigenvalue weighted by Gasteiger charge is -2.14. The van der Waals surface area contributed by atoms with Gasteiger partial charge in [0.1, 0.15) is 5.69 Å². The average molecular weight is 338 g/mol. The molecule has 3 heterocycles. The lowest BCUT2D eigenvalue weighted by atomic mass is 10.2. The number of hydrogen-bond acceptors (Lipinski definition) is 5. The van der Waals surface area contributed by atoms with Crippen LogP contribution < -0.4 is 0 Å². The fourth-order valence-electron chi connectivity index (χ4n) is 2.50. The third-order valence-electron chi connectivity index (χ3n) is 3.83. The van der Waals surface area contributed by atoms with E-state index in [4.69, 9.17) is 4.42 Å². The molecule has 0 spiro atoms. The summed E-state index contributed by atoms with van der Waals surface area (Å²) in [5, 5.41) is 6.45. The molecule has 3 rings (SSSR count). The van der Waals surface area contributed by atoms with Crippen LogP contribution in [0, 0.1) is 0 Å². The SMILES string of the molecule is CN(C)S(=O)(=O)c1ccc(-c2[nH]ncc2C(=O)N2CCCC2)o1. The Morgan fingerprint density at radius 1 is 1.30 bits per heavy atom. The molecule has 2 aromatic heterocycles. The molecule has 1 amide bonds. The summed E-state index contributed by atoms with van der Waals surface area (Å²) in [5.74, 6) is 0.144. The van der Waals surface area contributed by atoms with Crippen LogP contribution in [0.3, 0.4) is 0 Å². The van der Waals surface area contributed by atoms with E-state index in [1.165, 1.54) is 32.4 Å². The molecule has 8 nitrogen and oxygen atoms in total. The van der Waals surface area contributed by atoms with Crippen molar-refractivity contribution in [3.05, 3.63) is 23.9 Å². The van der Waals surface area contributed by atoms with Crippen LogP contribution in [0.4, 0.5) is 0 Å². The summed E-state index contributed by atoms with van der Waals surface area (Å²) in [4.78, 5) is 14.3. The number of aromatic amines is 1. The van der Waals surface area contributed by atoms with E-state index in [0.717, 1.165) is 30.2 Å². The van der Waals surface area contributed by atoms with Gasteiger partial charge in [0, 0.05) is 27.2 Å². The number of likely N-dealkylation sites (tertiary alicyclic amines) is 1. The van der Waals surface area contributed by atoms with Crippen molar-refractivity contribution >= 4 is 15.9 Å². The number of hydrogen-bond donors (Lipinski definition) is 1. The number of H-pyrrole nitrogens is 1. The molecule has 0 atom stereocenters. The number of amides is 1. The highest BCUT2D eigenvalue weighted by Gasteiger charge is 2.27. The van der Waals surface area contributed by atoms with Crippen LogP contribution in [-0.4, -0.2) is 60.9 Å². The van der Waals surface area contributed by atoms with Gasteiger partial charge in [-0.15, -0.1) is 0 Å². The minimum atomic E-state index is -3.66. The third kappa shape index (κ3) is 2.77. The fourth-order valence-corrected chi connectivity index (χ4v) is 3.29. The molecule has 124 valence electrons. The van der Waals surface area contributed by atoms with Crippen LogP contribution in [0.2, 0.25) is 0 Å². The zero-order valence-corrected chi connectivity index (χ0v) is 13.8. The molecule has 23 heavy (non-hydrogen) atoms. The molecule has 0 radical (unpaired) electrons. The summed E-state index contributed by atoms with van der Waals surface area (Å²) >= 11 is 0. The van der Waals surface area contributed by atoms with Gasteiger partial charge in [0.25, 0.3) is 15.9 Å². The zero-order chi connectivity index (χ0) is 16.6. The van der Waals surface area contributed by atoms with Gasteiger partial charge in [-0.1, -0.05) is 0 Å². The van der Waals surface area contributed by atoms with Gasteiger partial charge >= 0.3 is 0 Å². The van der Waals surface area contributed by atoms with E-state index in [1.54, 1.807) is 4.90 Å². The Balaban J connectivity index is 1.94. The maximum Gasteiger partial charge on any atom is 0.275 e. The Hall–Kier alpha value is -2.13. The first kappa shape index (κ1) is 15.8. The number of nitrogens with zero attached hydrogens (tertiary/aromatic N) is 3. The monoisotopic (exact) mass is 338 g/mol. The topological polar surface area (TPSA) is 99.5 Å². The molecule has 0 aromatic carbocycles. The molecule has 1 aliphatic rings. The second-order valence-corrected chi connectivity index (χ2v) is 7.65. The predicted octanol–water partition coefficient (Wildman–Crippen LogP) is 1.16. The van der Waals surface area contributed by atoms with E-state index in [-0.39, 0.29) is 16.8 Å². The summed E-state index contributed by atoms with van der Waals surface area (Å²) in [6.07, 6.45) is 3.43. The Morgan fingerprint density at radius 3 is 2.65 bits per heavy atom. The smallest absolute Gasteiger partial charge is 0.275 e. The highest BCUT2D eigenvalue weighted by Crippen LogP contribution is 2.28. The van der Waals surface area contributed by atoms with Crippen LogP contribution in [0.25, 0.3) is 11.5 Å². The van der Waals surface area contributed by atoms with E-state index in [1.807, 2.05) is 0 Å². The number of furan rings is 1. The van der Waals surface area contributed by atoms with Crippen LogP contribution in [0.5, 0.6) is 0 Å². The first-order valence-corrected chi connectivity index (χ1v) is 8.70. The van der Waals surface area contributed by atoms with Crippen LogP contribution in [0.1, 0.15) is 23.2 Å². The van der Waals surface area contributed by atoms with Crippen LogP contribution in [-0.2, 0) is 10.0 Å². The first-order chi connectivity index (χ1) is 10.9. The minimum absolute atomic E-state index is 0.125. The second kappa shape index (κ2) is 5.82.